The molecule has 1 rings (SSSR count). The van der Waals surface area contributed by atoms with Crippen LogP contribution in [0.4, 0.5) is 9.59 Å². The minimum Gasteiger partial charge on any atom is -0.444 e. The van der Waals surface area contributed by atoms with Gasteiger partial charge in [-0.15, -0.1) is 0 Å². The van der Waals surface area contributed by atoms with E-state index in [9.17, 15) is 9.59 Å². The van der Waals surface area contributed by atoms with Gasteiger partial charge >= 0.3 is 12.2 Å². The molecular weight excluding hydrogens is 413 g/mol. The van der Waals surface area contributed by atoms with Gasteiger partial charge in [-0.25, -0.2) is 12.7 Å². The number of alkyl carbamates (subject to hydrolysis) is 2. The van der Waals surface area contributed by atoms with Crippen LogP contribution in [0.15, 0.2) is 0 Å². The Morgan fingerprint density at radius 3 is 1.57 bits per heavy atom. The molecule has 23 heavy (non-hydrogen) atoms. The first-order valence-corrected chi connectivity index (χ1v) is 8.70. The maximum Gasteiger partial charge on any atom is 0.407 e. The highest BCUT2D eigenvalue weighted by molar-refractivity contribution is 14.1. The standard InChI is InChI=1S/C15H28IN3O4/c1-14(2,3)22-12(20)17-10-7-11(9-19(16)8-10)18-13(21)23-15(4,5)6/h10-11H,7-9H2,1-6H3,(H,17,20)(H,18,21)/t10-,11+. The van der Waals surface area contributed by atoms with E-state index in [1.165, 1.54) is 0 Å². The van der Waals surface area contributed by atoms with Crippen LogP contribution in [-0.4, -0.2) is 51.7 Å². The highest BCUT2D eigenvalue weighted by Gasteiger charge is 2.30. The molecule has 0 saturated carbocycles. The second-order valence-electron chi connectivity index (χ2n) is 7.75. The summed E-state index contributed by atoms with van der Waals surface area (Å²) in [5, 5.41) is 5.72. The topological polar surface area (TPSA) is 79.9 Å². The molecular formula is C15H28IN3O4. The Kier molecular flexibility index (Phi) is 6.94. The van der Waals surface area contributed by atoms with Gasteiger partial charge in [0.15, 0.2) is 0 Å². The molecule has 0 aromatic rings. The third-order valence-electron chi connectivity index (χ3n) is 2.85. The van der Waals surface area contributed by atoms with Crippen molar-refractivity contribution in [1.29, 1.82) is 0 Å². The maximum absolute atomic E-state index is 11.9. The van der Waals surface area contributed by atoms with E-state index in [-0.39, 0.29) is 12.1 Å². The fourth-order valence-corrected chi connectivity index (χ4v) is 3.15. The maximum atomic E-state index is 11.9. The van der Waals surface area contributed by atoms with Gasteiger partial charge in [0, 0.05) is 48.0 Å². The van der Waals surface area contributed by atoms with E-state index in [4.69, 9.17) is 9.47 Å². The van der Waals surface area contributed by atoms with Gasteiger partial charge in [0.1, 0.15) is 11.2 Å². The summed E-state index contributed by atoms with van der Waals surface area (Å²) in [5.74, 6) is 0. The molecule has 0 spiro atoms. The predicted octanol–water partition coefficient (Wildman–Crippen LogP) is 2.83. The Balaban J connectivity index is 2.52. The Morgan fingerprint density at radius 2 is 1.26 bits per heavy atom. The summed E-state index contributed by atoms with van der Waals surface area (Å²) in [5.41, 5.74) is -1.06. The molecule has 2 N–H and O–H groups in total. The monoisotopic (exact) mass is 441 g/mol. The number of hydrogen-bond donors (Lipinski definition) is 2. The van der Waals surface area contributed by atoms with Crippen LogP contribution in [0.25, 0.3) is 0 Å². The number of amides is 2. The summed E-state index contributed by atoms with van der Waals surface area (Å²) in [6.45, 7) is 12.3. The predicted molar refractivity (Wildman–Crippen MR) is 96.5 cm³/mol. The van der Waals surface area contributed by atoms with Crippen molar-refractivity contribution in [2.24, 2.45) is 0 Å². The van der Waals surface area contributed by atoms with Crippen molar-refractivity contribution in [3.63, 3.8) is 0 Å². The molecule has 1 saturated heterocycles. The summed E-state index contributed by atoms with van der Waals surface area (Å²) < 4.78 is 12.6. The largest absolute Gasteiger partial charge is 0.444 e. The lowest BCUT2D eigenvalue weighted by atomic mass is 10.0. The second-order valence-corrected chi connectivity index (χ2v) is 9.11. The number of rotatable bonds is 2. The van der Waals surface area contributed by atoms with Gasteiger partial charge in [0.05, 0.1) is 0 Å². The summed E-state index contributed by atoms with van der Waals surface area (Å²) >= 11 is 2.19. The van der Waals surface area contributed by atoms with Crippen molar-refractivity contribution >= 4 is 35.1 Å². The van der Waals surface area contributed by atoms with Crippen molar-refractivity contribution in [3.05, 3.63) is 0 Å². The van der Waals surface area contributed by atoms with Crippen LogP contribution in [0.5, 0.6) is 0 Å². The Bertz CT molecular complexity index is 393. The average Bonchev–Trinajstić information content (AvgIpc) is 2.20. The van der Waals surface area contributed by atoms with E-state index in [1.807, 2.05) is 44.7 Å². The first-order valence-electron chi connectivity index (χ1n) is 7.74. The van der Waals surface area contributed by atoms with Gasteiger partial charge in [-0.05, 0) is 48.0 Å². The number of carbonyl (C=O) groups excluding carboxylic acids is 2. The van der Waals surface area contributed by atoms with Gasteiger partial charge in [0.25, 0.3) is 0 Å². The Morgan fingerprint density at radius 1 is 0.913 bits per heavy atom. The Hall–Kier alpha value is -0.770. The van der Waals surface area contributed by atoms with Crippen molar-refractivity contribution in [2.45, 2.75) is 71.2 Å². The summed E-state index contributed by atoms with van der Waals surface area (Å²) in [7, 11) is 0. The van der Waals surface area contributed by atoms with Gasteiger partial charge in [-0.1, -0.05) is 0 Å². The minimum absolute atomic E-state index is 0.0876. The van der Waals surface area contributed by atoms with Crippen LogP contribution in [0.2, 0.25) is 0 Å². The highest BCUT2D eigenvalue weighted by Crippen LogP contribution is 2.16. The first kappa shape index (κ1) is 20.3. The normalized spacial score (nSPS) is 23.1. The van der Waals surface area contributed by atoms with E-state index >= 15 is 0 Å². The molecule has 2 atom stereocenters. The fourth-order valence-electron chi connectivity index (χ4n) is 2.20. The van der Waals surface area contributed by atoms with E-state index < -0.39 is 23.4 Å². The van der Waals surface area contributed by atoms with Gasteiger partial charge in [-0.2, -0.15) is 0 Å². The number of hydrogen-bond acceptors (Lipinski definition) is 5. The summed E-state index contributed by atoms with van der Waals surface area (Å²) in [4.78, 5) is 23.8. The number of ether oxygens (including phenoxy) is 2. The fraction of sp³-hybridized carbons (Fsp3) is 0.867. The molecule has 8 heteroatoms. The third kappa shape index (κ3) is 9.19. The van der Waals surface area contributed by atoms with Crippen LogP contribution in [0.3, 0.4) is 0 Å². The molecule has 1 aliphatic rings. The number of nitrogens with zero attached hydrogens (tertiary/aromatic N) is 1. The summed E-state index contributed by atoms with van der Waals surface area (Å²) in [6.07, 6.45) is -0.242. The minimum atomic E-state index is -0.531. The molecule has 1 aliphatic heterocycles. The molecule has 1 fully saturated rings. The van der Waals surface area contributed by atoms with Crippen molar-refractivity contribution in [1.82, 2.24) is 13.7 Å². The first-order chi connectivity index (χ1) is 10.3. The van der Waals surface area contributed by atoms with Crippen LogP contribution < -0.4 is 10.6 Å². The van der Waals surface area contributed by atoms with Crippen LogP contribution >= 0.6 is 22.9 Å². The average molecular weight is 441 g/mol. The van der Waals surface area contributed by atoms with Gasteiger partial charge in [0.2, 0.25) is 0 Å². The zero-order valence-electron chi connectivity index (χ0n) is 14.7. The zero-order valence-corrected chi connectivity index (χ0v) is 16.9. The molecule has 0 radical (unpaired) electrons. The summed E-state index contributed by atoms with van der Waals surface area (Å²) in [6, 6.07) is -0.175. The number of halogens is 1. The second kappa shape index (κ2) is 7.87. The Labute approximate surface area is 152 Å². The van der Waals surface area contributed by atoms with Crippen LogP contribution in [-0.2, 0) is 9.47 Å². The van der Waals surface area contributed by atoms with Gasteiger partial charge in [-0.3, -0.25) is 0 Å². The van der Waals surface area contributed by atoms with Crippen LogP contribution in [0, 0.1) is 0 Å². The van der Waals surface area contributed by atoms with E-state index in [1.54, 1.807) is 0 Å². The molecule has 0 aromatic carbocycles. The molecule has 1 heterocycles. The third-order valence-corrected chi connectivity index (χ3v) is 3.64. The molecule has 134 valence electrons. The molecule has 0 bridgehead atoms. The molecule has 0 aliphatic carbocycles. The quantitative estimate of drug-likeness (QED) is 0.509. The lowest BCUT2D eigenvalue weighted by Gasteiger charge is -2.35. The van der Waals surface area contributed by atoms with Crippen molar-refractivity contribution in [2.75, 3.05) is 13.1 Å². The highest BCUT2D eigenvalue weighted by atomic mass is 127. The molecule has 2 amide bonds. The smallest absolute Gasteiger partial charge is 0.407 e. The molecule has 0 aromatic heterocycles. The van der Waals surface area contributed by atoms with Gasteiger partial charge < -0.3 is 20.1 Å². The molecule has 0 unspecified atom stereocenters. The number of piperidine rings is 1. The number of nitrogens with one attached hydrogen (secondary N) is 2. The van der Waals surface area contributed by atoms with E-state index in [2.05, 4.69) is 33.5 Å². The van der Waals surface area contributed by atoms with Crippen molar-refractivity contribution < 1.29 is 19.1 Å². The SMILES string of the molecule is CC(C)(C)OC(=O)N[C@@H]1C[C@H](NC(=O)OC(C)(C)C)CN(I)C1. The zero-order chi connectivity index (χ0) is 17.8. The number of carbonyl (C=O) groups is 2. The lowest BCUT2D eigenvalue weighted by molar-refractivity contribution is 0.0455. The van der Waals surface area contributed by atoms with Crippen LogP contribution in [0.1, 0.15) is 48.0 Å². The van der Waals surface area contributed by atoms with E-state index in [0.717, 1.165) is 0 Å². The van der Waals surface area contributed by atoms with E-state index in [0.29, 0.717) is 19.5 Å². The van der Waals surface area contributed by atoms with Crippen molar-refractivity contribution in [3.8, 4) is 0 Å². The lowest BCUT2D eigenvalue weighted by Crippen LogP contribution is -2.55. The molecule has 7 nitrogen and oxygen atoms in total.